The van der Waals surface area contributed by atoms with Gasteiger partial charge in [0, 0.05) is 24.5 Å². The van der Waals surface area contributed by atoms with Crippen LogP contribution in [0.15, 0.2) is 40.6 Å². The maximum Gasteiger partial charge on any atom is 0.255 e. The number of rotatable bonds is 6. The Labute approximate surface area is 151 Å². The van der Waals surface area contributed by atoms with Gasteiger partial charge in [-0.2, -0.15) is 4.31 Å². The second-order valence-corrected chi connectivity index (χ2v) is 8.85. The predicted molar refractivity (Wildman–Crippen MR) is 96.5 cm³/mol. The molecule has 1 aliphatic heterocycles. The van der Waals surface area contributed by atoms with Crippen LogP contribution in [0.2, 0.25) is 0 Å². The second-order valence-electron chi connectivity index (χ2n) is 5.88. The highest BCUT2D eigenvalue weighted by atomic mass is 32.2. The van der Waals surface area contributed by atoms with Crippen molar-refractivity contribution in [1.29, 1.82) is 0 Å². The molecule has 0 spiro atoms. The molecule has 0 radical (unpaired) electrons. The van der Waals surface area contributed by atoms with E-state index >= 15 is 0 Å². The third kappa shape index (κ3) is 4.02. The Morgan fingerprint density at radius 1 is 1.24 bits per heavy atom. The Balaban J connectivity index is 1.73. The summed E-state index contributed by atoms with van der Waals surface area (Å²) in [5.41, 5.74) is -0.0218. The van der Waals surface area contributed by atoms with E-state index in [-0.39, 0.29) is 16.2 Å². The minimum atomic E-state index is -3.62. The van der Waals surface area contributed by atoms with E-state index in [0.717, 1.165) is 17.7 Å². The Morgan fingerprint density at radius 3 is 2.68 bits per heavy atom. The SMILES string of the molecule is O=C(NCCc1cccs1)c1cc(S(=O)(=O)N2CCCC2)ccc1O. The lowest BCUT2D eigenvalue weighted by Crippen LogP contribution is -2.29. The zero-order valence-electron chi connectivity index (χ0n) is 13.6. The summed E-state index contributed by atoms with van der Waals surface area (Å²) in [4.78, 5) is 13.5. The molecule has 3 rings (SSSR count). The Hall–Kier alpha value is -1.90. The molecule has 0 unspecified atom stereocenters. The number of sulfonamides is 1. The Kier molecular flexibility index (Phi) is 5.41. The average molecular weight is 380 g/mol. The highest BCUT2D eigenvalue weighted by molar-refractivity contribution is 7.89. The van der Waals surface area contributed by atoms with Crippen molar-refractivity contribution in [3.8, 4) is 5.75 Å². The molecule has 1 amide bonds. The second kappa shape index (κ2) is 7.55. The van der Waals surface area contributed by atoms with Crippen molar-refractivity contribution in [1.82, 2.24) is 9.62 Å². The van der Waals surface area contributed by atoms with Crippen LogP contribution in [-0.4, -0.2) is 43.4 Å². The molecule has 134 valence electrons. The van der Waals surface area contributed by atoms with Gasteiger partial charge in [-0.3, -0.25) is 4.79 Å². The Morgan fingerprint density at radius 2 is 2.00 bits per heavy atom. The lowest BCUT2D eigenvalue weighted by atomic mass is 10.2. The summed E-state index contributed by atoms with van der Waals surface area (Å²) >= 11 is 1.61. The summed E-state index contributed by atoms with van der Waals surface area (Å²) < 4.78 is 26.6. The first kappa shape index (κ1) is 17.9. The van der Waals surface area contributed by atoms with Gasteiger partial charge in [0.15, 0.2) is 0 Å². The van der Waals surface area contributed by atoms with Gasteiger partial charge in [-0.25, -0.2) is 8.42 Å². The molecule has 1 aromatic heterocycles. The summed E-state index contributed by atoms with van der Waals surface area (Å²) in [5, 5.41) is 14.6. The van der Waals surface area contributed by atoms with Gasteiger partial charge in [0.25, 0.3) is 5.91 Å². The van der Waals surface area contributed by atoms with E-state index in [0.29, 0.717) is 26.1 Å². The molecule has 0 bridgehead atoms. The summed E-state index contributed by atoms with van der Waals surface area (Å²) in [5.74, 6) is -0.707. The third-order valence-electron chi connectivity index (χ3n) is 4.15. The first-order valence-electron chi connectivity index (χ1n) is 8.12. The number of carbonyl (C=O) groups excluding carboxylic acids is 1. The van der Waals surface area contributed by atoms with Gasteiger partial charge in [0.1, 0.15) is 5.75 Å². The van der Waals surface area contributed by atoms with Gasteiger partial charge in [-0.05, 0) is 48.9 Å². The summed E-state index contributed by atoms with van der Waals surface area (Å²) in [6.07, 6.45) is 2.37. The van der Waals surface area contributed by atoms with Crippen molar-refractivity contribution < 1.29 is 18.3 Å². The van der Waals surface area contributed by atoms with Gasteiger partial charge in [0.2, 0.25) is 10.0 Å². The van der Waals surface area contributed by atoms with Gasteiger partial charge < -0.3 is 10.4 Å². The number of thiophene rings is 1. The van der Waals surface area contributed by atoms with Crippen LogP contribution in [0.5, 0.6) is 5.75 Å². The molecule has 2 aromatic rings. The summed E-state index contributed by atoms with van der Waals surface area (Å²) in [7, 11) is -3.62. The number of hydrogen-bond acceptors (Lipinski definition) is 5. The van der Waals surface area contributed by atoms with E-state index in [1.165, 1.54) is 22.5 Å². The van der Waals surface area contributed by atoms with Gasteiger partial charge in [0.05, 0.1) is 10.5 Å². The molecule has 8 heteroatoms. The van der Waals surface area contributed by atoms with Crippen molar-refractivity contribution in [2.24, 2.45) is 0 Å². The first-order chi connectivity index (χ1) is 12.0. The topological polar surface area (TPSA) is 86.7 Å². The van der Waals surface area contributed by atoms with Crippen LogP contribution in [0, 0.1) is 0 Å². The van der Waals surface area contributed by atoms with Crippen molar-refractivity contribution >= 4 is 27.3 Å². The molecule has 25 heavy (non-hydrogen) atoms. The van der Waals surface area contributed by atoms with Gasteiger partial charge in [-0.1, -0.05) is 6.07 Å². The van der Waals surface area contributed by atoms with E-state index in [1.807, 2.05) is 17.5 Å². The van der Waals surface area contributed by atoms with Crippen molar-refractivity contribution in [2.45, 2.75) is 24.2 Å². The summed E-state index contributed by atoms with van der Waals surface area (Å²) in [6, 6.07) is 7.78. The van der Waals surface area contributed by atoms with Crippen LogP contribution >= 0.6 is 11.3 Å². The van der Waals surface area contributed by atoms with Gasteiger partial charge >= 0.3 is 0 Å². The van der Waals surface area contributed by atoms with E-state index in [9.17, 15) is 18.3 Å². The average Bonchev–Trinajstić information content (AvgIpc) is 3.29. The number of aromatic hydroxyl groups is 1. The van der Waals surface area contributed by atoms with E-state index in [1.54, 1.807) is 11.3 Å². The first-order valence-corrected chi connectivity index (χ1v) is 10.4. The van der Waals surface area contributed by atoms with Crippen molar-refractivity contribution in [2.75, 3.05) is 19.6 Å². The lowest BCUT2D eigenvalue weighted by Gasteiger charge is -2.16. The molecule has 0 atom stereocenters. The van der Waals surface area contributed by atoms with Crippen LogP contribution in [0.25, 0.3) is 0 Å². The minimum absolute atomic E-state index is 0.0218. The molecule has 0 saturated carbocycles. The fourth-order valence-corrected chi connectivity index (χ4v) is 5.04. The molecule has 6 nitrogen and oxygen atoms in total. The lowest BCUT2D eigenvalue weighted by molar-refractivity contribution is 0.0951. The van der Waals surface area contributed by atoms with Crippen molar-refractivity contribution in [3.63, 3.8) is 0 Å². The van der Waals surface area contributed by atoms with E-state index < -0.39 is 15.9 Å². The molecule has 2 N–H and O–H groups in total. The number of carbonyl (C=O) groups is 1. The number of benzene rings is 1. The molecule has 1 aromatic carbocycles. The number of phenolic OH excluding ortho intramolecular Hbond substituents is 1. The van der Waals surface area contributed by atoms with Crippen LogP contribution in [0.4, 0.5) is 0 Å². The number of nitrogens with zero attached hydrogens (tertiary/aromatic N) is 1. The maximum absolute atomic E-state index is 12.6. The zero-order valence-corrected chi connectivity index (χ0v) is 15.3. The number of hydrogen-bond donors (Lipinski definition) is 2. The highest BCUT2D eigenvalue weighted by Gasteiger charge is 2.28. The fourth-order valence-electron chi connectivity index (χ4n) is 2.78. The number of nitrogens with one attached hydrogen (secondary N) is 1. The number of phenols is 1. The molecule has 1 saturated heterocycles. The normalized spacial score (nSPS) is 15.4. The maximum atomic E-state index is 12.6. The summed E-state index contributed by atoms with van der Waals surface area (Å²) in [6.45, 7) is 1.40. The number of amides is 1. The standard InChI is InChI=1S/C17H20N2O4S2/c20-16-6-5-14(25(22,23)19-9-1-2-10-19)12-15(16)17(21)18-8-7-13-4-3-11-24-13/h3-6,11-12,20H,1-2,7-10H2,(H,18,21). The van der Waals surface area contributed by atoms with Gasteiger partial charge in [-0.15, -0.1) is 11.3 Å². The highest BCUT2D eigenvalue weighted by Crippen LogP contribution is 2.25. The Bertz CT molecular complexity index is 842. The van der Waals surface area contributed by atoms with Crippen LogP contribution in [-0.2, 0) is 16.4 Å². The monoisotopic (exact) mass is 380 g/mol. The predicted octanol–water partition coefficient (Wildman–Crippen LogP) is 2.21. The van der Waals surface area contributed by atoms with E-state index in [4.69, 9.17) is 0 Å². The molecular formula is C17H20N2O4S2. The molecular weight excluding hydrogens is 360 g/mol. The van der Waals surface area contributed by atoms with Crippen molar-refractivity contribution in [3.05, 3.63) is 46.2 Å². The third-order valence-corrected chi connectivity index (χ3v) is 6.98. The molecule has 0 aliphatic carbocycles. The van der Waals surface area contributed by atoms with Crippen LogP contribution in [0.1, 0.15) is 28.1 Å². The smallest absolute Gasteiger partial charge is 0.255 e. The fraction of sp³-hybridized carbons (Fsp3) is 0.353. The molecule has 1 aliphatic rings. The largest absolute Gasteiger partial charge is 0.507 e. The quantitative estimate of drug-likeness (QED) is 0.804. The van der Waals surface area contributed by atoms with Crippen LogP contribution in [0.3, 0.4) is 0 Å². The molecule has 1 fully saturated rings. The van der Waals surface area contributed by atoms with E-state index in [2.05, 4.69) is 5.32 Å². The minimum Gasteiger partial charge on any atom is -0.507 e. The molecule has 2 heterocycles. The zero-order chi connectivity index (χ0) is 17.9. The van der Waals surface area contributed by atoms with Crippen LogP contribution < -0.4 is 5.32 Å².